The topological polar surface area (TPSA) is 12.4 Å². The van der Waals surface area contributed by atoms with Crippen molar-refractivity contribution in [1.82, 2.24) is 0 Å². The van der Waals surface area contributed by atoms with Gasteiger partial charge in [-0.15, -0.1) is 0 Å². The van der Waals surface area contributed by atoms with Gasteiger partial charge in [-0.1, -0.05) is 6.58 Å². The first kappa shape index (κ1) is 8.88. The summed E-state index contributed by atoms with van der Waals surface area (Å²) in [6, 6.07) is 0. The largest absolute Gasteiger partial charge is 0.293 e. The second kappa shape index (κ2) is 4.73. The molecule has 50 valence electrons. The fourth-order valence-electron chi connectivity index (χ4n) is 0.286. The zero-order valence-electron chi connectivity index (χ0n) is 5.69. The summed E-state index contributed by atoms with van der Waals surface area (Å²) < 4.78 is 1.02. The minimum Gasteiger partial charge on any atom is -0.293 e. The van der Waals surface area contributed by atoms with E-state index in [0.29, 0.717) is 0 Å². The molecule has 2 heteroatoms. The molecule has 0 saturated carbocycles. The maximum Gasteiger partial charge on any atom is 0.0314 e. The van der Waals surface area contributed by atoms with Gasteiger partial charge in [-0.3, -0.25) is 4.99 Å². The summed E-state index contributed by atoms with van der Waals surface area (Å²) in [5.41, 5.74) is 1.02. The van der Waals surface area contributed by atoms with Gasteiger partial charge < -0.3 is 0 Å². The Morgan fingerprint density at radius 1 is 1.56 bits per heavy atom. The molecule has 0 radical (unpaired) electrons. The Morgan fingerprint density at radius 3 is 2.44 bits per heavy atom. The van der Waals surface area contributed by atoms with Crippen LogP contribution in [-0.2, 0) is 0 Å². The van der Waals surface area contributed by atoms with Crippen LogP contribution in [0.1, 0.15) is 6.92 Å². The summed E-state index contributed by atoms with van der Waals surface area (Å²) in [5.74, 6) is 0. The molecule has 0 bridgehead atoms. The summed E-state index contributed by atoms with van der Waals surface area (Å²) >= 11 is 2.16. The first-order valence-electron chi connectivity index (χ1n) is 2.62. The average Bonchev–Trinajstić information content (AvgIpc) is 1.83. The molecule has 0 aliphatic rings. The van der Waals surface area contributed by atoms with Crippen molar-refractivity contribution in [2.24, 2.45) is 4.99 Å². The highest BCUT2D eigenvalue weighted by molar-refractivity contribution is 14.1. The third-order valence-electron chi connectivity index (χ3n) is 0.858. The average molecular weight is 235 g/mol. The van der Waals surface area contributed by atoms with E-state index in [4.69, 9.17) is 0 Å². The van der Waals surface area contributed by atoms with E-state index in [2.05, 4.69) is 34.2 Å². The monoisotopic (exact) mass is 235 g/mol. The highest BCUT2D eigenvalue weighted by Crippen LogP contribution is 2.02. The number of allylic oxidation sites excluding steroid dienone is 3. The van der Waals surface area contributed by atoms with Gasteiger partial charge in [-0.2, -0.15) is 0 Å². The summed E-state index contributed by atoms with van der Waals surface area (Å²) in [7, 11) is 1.77. The Balaban J connectivity index is 3.86. The van der Waals surface area contributed by atoms with E-state index in [1.807, 2.05) is 19.1 Å². The van der Waals surface area contributed by atoms with E-state index in [1.165, 1.54) is 0 Å². The Kier molecular flexibility index (Phi) is 4.67. The molecule has 0 fully saturated rings. The van der Waals surface area contributed by atoms with Crippen molar-refractivity contribution in [1.29, 1.82) is 0 Å². The predicted molar refractivity (Wildman–Crippen MR) is 51.3 cm³/mol. The van der Waals surface area contributed by atoms with E-state index in [-0.39, 0.29) is 0 Å². The number of hydrogen-bond donors (Lipinski definition) is 0. The van der Waals surface area contributed by atoms with Crippen LogP contribution in [0.5, 0.6) is 0 Å². The van der Waals surface area contributed by atoms with Gasteiger partial charge in [0.2, 0.25) is 0 Å². The van der Waals surface area contributed by atoms with Gasteiger partial charge >= 0.3 is 0 Å². The van der Waals surface area contributed by atoms with Gasteiger partial charge in [0.1, 0.15) is 0 Å². The molecule has 0 aliphatic heterocycles. The van der Waals surface area contributed by atoms with E-state index in [1.54, 1.807) is 7.05 Å². The predicted octanol–water partition coefficient (Wildman–Crippen LogP) is 2.58. The number of halogens is 1. The molecule has 0 N–H and O–H groups in total. The van der Waals surface area contributed by atoms with Crippen LogP contribution in [0, 0.1) is 0 Å². The molecule has 0 heterocycles. The summed E-state index contributed by atoms with van der Waals surface area (Å²) in [4.78, 5) is 3.95. The molecule has 0 aromatic heterocycles. The molecule has 9 heavy (non-hydrogen) atoms. The van der Waals surface area contributed by atoms with Crippen LogP contribution in [0.2, 0.25) is 0 Å². The lowest BCUT2D eigenvalue weighted by Gasteiger charge is -1.85. The van der Waals surface area contributed by atoms with Gasteiger partial charge in [0.15, 0.2) is 0 Å². The van der Waals surface area contributed by atoms with Gasteiger partial charge in [0.05, 0.1) is 0 Å². The van der Waals surface area contributed by atoms with Crippen LogP contribution in [0.3, 0.4) is 0 Å². The van der Waals surface area contributed by atoms with E-state index < -0.39 is 0 Å². The van der Waals surface area contributed by atoms with Gasteiger partial charge in [0.25, 0.3) is 0 Å². The van der Waals surface area contributed by atoms with Crippen molar-refractivity contribution in [3.05, 3.63) is 22.3 Å². The molecule has 0 saturated heterocycles. The fourth-order valence-corrected chi connectivity index (χ4v) is 0.465. The quantitative estimate of drug-likeness (QED) is 0.396. The van der Waals surface area contributed by atoms with Crippen molar-refractivity contribution in [2.45, 2.75) is 6.92 Å². The lowest BCUT2D eigenvalue weighted by molar-refractivity contribution is 1.43. The molecule has 0 unspecified atom stereocenters. The number of rotatable bonds is 2. The van der Waals surface area contributed by atoms with Crippen LogP contribution in [0.4, 0.5) is 0 Å². The third kappa shape index (κ3) is 5.76. The van der Waals surface area contributed by atoms with Gasteiger partial charge in [0, 0.05) is 16.3 Å². The van der Waals surface area contributed by atoms with Gasteiger partial charge in [-0.05, 0) is 41.7 Å². The van der Waals surface area contributed by atoms with Crippen molar-refractivity contribution in [3.63, 3.8) is 0 Å². The molecule has 0 aromatic carbocycles. The van der Waals surface area contributed by atoms with E-state index in [9.17, 15) is 0 Å². The molecular formula is C7H10IN. The van der Waals surface area contributed by atoms with Crippen molar-refractivity contribution < 1.29 is 0 Å². The standard InChI is InChI=1S/C7H10IN/c1-6(8)4-5-7(2)9-3/h4-5H,1H2,2-3H3/b5-4-,9-7?. The summed E-state index contributed by atoms with van der Waals surface area (Å²) in [6.07, 6.45) is 3.87. The van der Waals surface area contributed by atoms with Gasteiger partial charge in [-0.25, -0.2) is 0 Å². The zero-order chi connectivity index (χ0) is 7.28. The van der Waals surface area contributed by atoms with Crippen LogP contribution < -0.4 is 0 Å². The zero-order valence-corrected chi connectivity index (χ0v) is 7.84. The minimum absolute atomic E-state index is 1.02. The van der Waals surface area contributed by atoms with Crippen LogP contribution in [0.25, 0.3) is 0 Å². The highest BCUT2D eigenvalue weighted by atomic mass is 127. The molecule has 0 aliphatic carbocycles. The lowest BCUT2D eigenvalue weighted by Crippen LogP contribution is -1.80. The van der Waals surface area contributed by atoms with E-state index >= 15 is 0 Å². The molecular weight excluding hydrogens is 225 g/mol. The van der Waals surface area contributed by atoms with Crippen LogP contribution in [-0.4, -0.2) is 12.8 Å². The van der Waals surface area contributed by atoms with Crippen LogP contribution in [0.15, 0.2) is 27.3 Å². The second-order valence-electron chi connectivity index (χ2n) is 1.65. The van der Waals surface area contributed by atoms with Crippen molar-refractivity contribution in [2.75, 3.05) is 7.05 Å². The molecule has 0 spiro atoms. The third-order valence-corrected chi connectivity index (χ3v) is 1.22. The Morgan fingerprint density at radius 2 is 2.11 bits per heavy atom. The van der Waals surface area contributed by atoms with Crippen molar-refractivity contribution >= 4 is 28.3 Å². The molecule has 0 atom stereocenters. The SMILES string of the molecule is C=C(I)/C=C\C(C)=NC. The second-order valence-corrected chi connectivity index (χ2v) is 3.03. The number of nitrogens with zero attached hydrogens (tertiary/aromatic N) is 1. The molecule has 0 rings (SSSR count). The fraction of sp³-hybridized carbons (Fsp3) is 0.286. The van der Waals surface area contributed by atoms with Crippen molar-refractivity contribution in [3.8, 4) is 0 Å². The summed E-state index contributed by atoms with van der Waals surface area (Å²) in [6.45, 7) is 5.66. The first-order chi connectivity index (χ1) is 4.16. The number of hydrogen-bond acceptors (Lipinski definition) is 1. The molecule has 1 nitrogen and oxygen atoms in total. The minimum atomic E-state index is 1.02. The normalized spacial score (nSPS) is 12.6. The van der Waals surface area contributed by atoms with E-state index in [0.717, 1.165) is 9.29 Å². The molecule has 0 aromatic rings. The smallest absolute Gasteiger partial charge is 0.0314 e. The number of aliphatic imine (C=N–C) groups is 1. The first-order valence-corrected chi connectivity index (χ1v) is 3.70. The Hall–Kier alpha value is -0.120. The maximum atomic E-state index is 3.95. The maximum absolute atomic E-state index is 3.95. The Bertz CT molecular complexity index is 156. The highest BCUT2D eigenvalue weighted by Gasteiger charge is 1.78. The van der Waals surface area contributed by atoms with Crippen LogP contribution >= 0.6 is 22.6 Å². The molecule has 0 amide bonds. The lowest BCUT2D eigenvalue weighted by atomic mass is 10.4. The Labute approximate surface area is 69.7 Å². The summed E-state index contributed by atoms with van der Waals surface area (Å²) in [5, 5.41) is 0.